The number of rotatable bonds is 19. The molecule has 9 nitrogen and oxygen atoms in total. The average Bonchev–Trinajstić information content (AvgIpc) is 3.59. The molecule has 1 aromatic heterocycles. The minimum atomic E-state index is -0.505. The number of aromatic nitrogens is 2. The van der Waals surface area contributed by atoms with Crippen molar-refractivity contribution >= 4 is 28.8 Å². The van der Waals surface area contributed by atoms with Crippen LogP contribution in [0.2, 0.25) is 0 Å². The summed E-state index contributed by atoms with van der Waals surface area (Å²) < 4.78 is 7.23. The average molecular weight is 692 g/mol. The summed E-state index contributed by atoms with van der Waals surface area (Å²) in [4.78, 5) is 38.6. The minimum Gasteiger partial charge on any atom is -0.448 e. The van der Waals surface area contributed by atoms with Gasteiger partial charge in [-0.1, -0.05) is 91.9 Å². The van der Waals surface area contributed by atoms with Crippen LogP contribution in [0.3, 0.4) is 0 Å². The molecular weight excluding hydrogens is 638 g/mol. The van der Waals surface area contributed by atoms with Gasteiger partial charge in [0.25, 0.3) is 5.91 Å². The molecule has 3 amide bonds. The standard InChI is InChI=1S/C42H53N5O4/c1-2-3-4-5-6-7-8-9-10-11-12-13-14-15-16-17-18-24-39(48)44-29-31-51-42(50)46-30-20-22-35(32-46)34-25-27-37(28-26-34)47-33-36-21-19-23-38(41(43)49)40(36)45-47/h3-4,6-7,9-10,12-13,15-16,19,21,23,25-28,33,35H,2,5,8,11,14,17-18,20,22,24,29-32H2,1H3,(H2,43,49)(H,44,48). The first-order valence-electron chi connectivity index (χ1n) is 18.3. The molecule has 1 saturated heterocycles. The minimum absolute atomic E-state index is 0.0311. The van der Waals surface area contributed by atoms with E-state index in [9.17, 15) is 14.4 Å². The SMILES string of the molecule is CCC=CCC=CCC=CCC=CCC=CCCCC(=O)NCCOC(=O)N1CCCC(c2ccc(-n3cc4cccc(C(N)=O)c4n3)cc2)C1. The largest absolute Gasteiger partial charge is 0.448 e. The number of nitrogens with zero attached hydrogens (tertiary/aromatic N) is 3. The Labute approximate surface area is 302 Å². The molecule has 9 heteroatoms. The molecule has 2 aromatic carbocycles. The molecule has 0 aliphatic carbocycles. The number of allylic oxidation sites excluding steroid dienone is 10. The van der Waals surface area contributed by atoms with Gasteiger partial charge in [0.05, 0.1) is 17.8 Å². The van der Waals surface area contributed by atoms with Crippen LogP contribution in [0.4, 0.5) is 4.79 Å². The van der Waals surface area contributed by atoms with Gasteiger partial charge in [0, 0.05) is 37.0 Å². The molecule has 51 heavy (non-hydrogen) atoms. The number of carbonyl (C=O) groups is 3. The van der Waals surface area contributed by atoms with Crippen molar-refractivity contribution in [3.05, 3.63) is 121 Å². The smallest absolute Gasteiger partial charge is 0.409 e. The number of primary amides is 1. The molecule has 1 aliphatic rings. The van der Waals surface area contributed by atoms with Gasteiger partial charge in [-0.05, 0) is 81.5 Å². The van der Waals surface area contributed by atoms with Crippen LogP contribution in [-0.4, -0.2) is 58.8 Å². The first-order chi connectivity index (χ1) is 25.0. The third-order valence-corrected chi connectivity index (χ3v) is 8.69. The Balaban J connectivity index is 1.06. The number of ether oxygens (including phenoxy) is 1. The van der Waals surface area contributed by atoms with E-state index < -0.39 is 5.91 Å². The zero-order valence-electron chi connectivity index (χ0n) is 29.9. The molecule has 1 aliphatic heterocycles. The number of amides is 3. The maximum atomic E-state index is 12.8. The molecule has 270 valence electrons. The lowest BCUT2D eigenvalue weighted by molar-refractivity contribution is -0.121. The van der Waals surface area contributed by atoms with Gasteiger partial charge in [0.2, 0.25) is 5.91 Å². The maximum absolute atomic E-state index is 12.8. The van der Waals surface area contributed by atoms with Crippen LogP contribution in [0.5, 0.6) is 0 Å². The van der Waals surface area contributed by atoms with Crippen LogP contribution in [0.1, 0.15) is 93.0 Å². The van der Waals surface area contributed by atoms with E-state index in [1.807, 2.05) is 24.4 Å². The van der Waals surface area contributed by atoms with Gasteiger partial charge in [0.15, 0.2) is 0 Å². The second-order valence-corrected chi connectivity index (χ2v) is 12.6. The van der Waals surface area contributed by atoms with Crippen LogP contribution >= 0.6 is 0 Å². The summed E-state index contributed by atoms with van der Waals surface area (Å²) in [7, 11) is 0. The van der Waals surface area contributed by atoms with E-state index >= 15 is 0 Å². The normalized spacial score (nSPS) is 15.3. The topological polar surface area (TPSA) is 120 Å². The molecule has 3 N–H and O–H groups in total. The molecule has 0 spiro atoms. The van der Waals surface area contributed by atoms with Crippen molar-refractivity contribution in [2.75, 3.05) is 26.2 Å². The van der Waals surface area contributed by atoms with E-state index in [1.54, 1.807) is 21.7 Å². The number of nitrogens with two attached hydrogens (primary N) is 1. The third kappa shape index (κ3) is 13.2. The summed E-state index contributed by atoms with van der Waals surface area (Å²) in [5, 5.41) is 8.28. The van der Waals surface area contributed by atoms with Crippen molar-refractivity contribution in [3.8, 4) is 5.69 Å². The lowest BCUT2D eigenvalue weighted by Gasteiger charge is -2.32. The van der Waals surface area contributed by atoms with Gasteiger partial charge in [-0.15, -0.1) is 0 Å². The van der Waals surface area contributed by atoms with Gasteiger partial charge < -0.3 is 20.7 Å². The van der Waals surface area contributed by atoms with Crippen LogP contribution in [-0.2, 0) is 9.53 Å². The summed E-state index contributed by atoms with van der Waals surface area (Å²) in [5.74, 6) is -0.340. The first kappa shape index (κ1) is 38.6. The number of piperidine rings is 1. The Morgan fingerprint density at radius 1 is 0.902 bits per heavy atom. The van der Waals surface area contributed by atoms with E-state index in [4.69, 9.17) is 10.5 Å². The predicted octanol–water partition coefficient (Wildman–Crippen LogP) is 8.48. The molecule has 0 saturated carbocycles. The second-order valence-electron chi connectivity index (χ2n) is 12.6. The van der Waals surface area contributed by atoms with E-state index in [2.05, 4.69) is 90.2 Å². The van der Waals surface area contributed by atoms with Crippen LogP contribution in [0.15, 0.2) is 109 Å². The van der Waals surface area contributed by atoms with Crippen LogP contribution in [0, 0.1) is 0 Å². The molecule has 4 rings (SSSR count). The highest BCUT2D eigenvalue weighted by atomic mass is 16.6. The zero-order valence-corrected chi connectivity index (χ0v) is 29.9. The predicted molar refractivity (Wildman–Crippen MR) is 206 cm³/mol. The van der Waals surface area contributed by atoms with Gasteiger partial charge in [-0.2, -0.15) is 5.10 Å². The molecule has 2 heterocycles. The molecule has 0 bridgehead atoms. The van der Waals surface area contributed by atoms with E-state index in [0.717, 1.165) is 74.4 Å². The van der Waals surface area contributed by atoms with Gasteiger partial charge in [-0.25, -0.2) is 9.48 Å². The Morgan fingerprint density at radius 3 is 2.24 bits per heavy atom. The number of nitrogens with one attached hydrogen (secondary N) is 1. The molecule has 0 radical (unpaired) electrons. The molecule has 1 unspecified atom stereocenters. The van der Waals surface area contributed by atoms with Crippen molar-refractivity contribution < 1.29 is 19.1 Å². The Kier molecular flexibility index (Phi) is 16.5. The number of likely N-dealkylation sites (tertiary alicyclic amines) is 1. The van der Waals surface area contributed by atoms with E-state index in [-0.39, 0.29) is 24.5 Å². The van der Waals surface area contributed by atoms with Crippen molar-refractivity contribution in [2.24, 2.45) is 5.73 Å². The van der Waals surface area contributed by atoms with Crippen LogP contribution < -0.4 is 11.1 Å². The summed E-state index contributed by atoms with van der Waals surface area (Å²) in [6.07, 6.45) is 32.1. The lowest BCUT2D eigenvalue weighted by atomic mass is 9.91. The van der Waals surface area contributed by atoms with Gasteiger partial charge >= 0.3 is 6.09 Å². The molecular formula is C42H53N5O4. The second kappa shape index (κ2) is 21.8. The molecule has 1 atom stereocenters. The molecule has 1 fully saturated rings. The van der Waals surface area contributed by atoms with Crippen molar-refractivity contribution in [3.63, 3.8) is 0 Å². The fraction of sp³-hybridized carbons (Fsp3) is 0.381. The Morgan fingerprint density at radius 2 is 1.57 bits per heavy atom. The summed E-state index contributed by atoms with van der Waals surface area (Å²) in [6.45, 7) is 3.82. The highest BCUT2D eigenvalue weighted by molar-refractivity contribution is 6.04. The first-order valence-corrected chi connectivity index (χ1v) is 18.3. The third-order valence-electron chi connectivity index (χ3n) is 8.69. The number of hydrogen-bond acceptors (Lipinski definition) is 5. The Bertz CT molecular complexity index is 1700. The van der Waals surface area contributed by atoms with Crippen molar-refractivity contribution in [1.82, 2.24) is 20.0 Å². The van der Waals surface area contributed by atoms with Gasteiger partial charge in [-0.3, -0.25) is 9.59 Å². The van der Waals surface area contributed by atoms with Crippen molar-refractivity contribution in [2.45, 2.75) is 77.0 Å². The fourth-order valence-electron chi connectivity index (χ4n) is 5.95. The number of unbranched alkanes of at least 4 members (excludes halogenated alkanes) is 1. The monoisotopic (exact) mass is 691 g/mol. The molecule has 3 aromatic rings. The number of hydrogen-bond donors (Lipinski definition) is 2. The summed E-state index contributed by atoms with van der Waals surface area (Å²) in [6, 6.07) is 13.5. The number of fused-ring (bicyclic) bond motifs is 1. The number of benzene rings is 2. The fourth-order valence-corrected chi connectivity index (χ4v) is 5.95. The highest BCUT2D eigenvalue weighted by Gasteiger charge is 2.26. The van der Waals surface area contributed by atoms with Crippen molar-refractivity contribution in [1.29, 1.82) is 0 Å². The number of carbonyl (C=O) groups excluding carboxylic acids is 3. The van der Waals surface area contributed by atoms with E-state index in [1.165, 1.54) is 0 Å². The summed E-state index contributed by atoms with van der Waals surface area (Å²) >= 11 is 0. The zero-order chi connectivity index (χ0) is 36.1. The maximum Gasteiger partial charge on any atom is 0.409 e. The summed E-state index contributed by atoms with van der Waals surface area (Å²) in [5.41, 5.74) is 8.50. The van der Waals surface area contributed by atoms with Gasteiger partial charge in [0.1, 0.15) is 12.1 Å². The lowest BCUT2D eigenvalue weighted by Crippen LogP contribution is -2.40. The van der Waals surface area contributed by atoms with E-state index in [0.29, 0.717) is 37.1 Å². The van der Waals surface area contributed by atoms with Crippen LogP contribution in [0.25, 0.3) is 16.6 Å². The quantitative estimate of drug-likeness (QED) is 0.0966. The Hall–Kier alpha value is -5.18. The highest BCUT2D eigenvalue weighted by Crippen LogP contribution is 2.28.